The van der Waals surface area contributed by atoms with Gasteiger partial charge in [-0.2, -0.15) is 0 Å². The normalized spacial score (nSPS) is 25.2. The maximum absolute atomic E-state index is 12.4. The molecule has 1 amide bonds. The van der Waals surface area contributed by atoms with Crippen molar-refractivity contribution in [2.24, 2.45) is 11.8 Å². The molecule has 3 heterocycles. The van der Waals surface area contributed by atoms with E-state index in [0.29, 0.717) is 6.04 Å². The summed E-state index contributed by atoms with van der Waals surface area (Å²) in [5.74, 6) is 1.20. The van der Waals surface area contributed by atoms with Gasteiger partial charge in [-0.15, -0.1) is 11.3 Å². The molecule has 23 heavy (non-hydrogen) atoms. The lowest BCUT2D eigenvalue weighted by molar-refractivity contribution is -0.125. The highest BCUT2D eigenvalue weighted by Gasteiger charge is 2.27. The lowest BCUT2D eigenvalue weighted by Gasteiger charge is -2.36. The Balaban J connectivity index is 1.59. The zero-order chi connectivity index (χ0) is 16.1. The number of rotatable bonds is 5. The van der Waals surface area contributed by atoms with Gasteiger partial charge in [0.2, 0.25) is 5.91 Å². The summed E-state index contributed by atoms with van der Waals surface area (Å²) in [4.78, 5) is 16.4. The third-order valence-corrected chi connectivity index (χ3v) is 6.24. The lowest BCUT2D eigenvalue weighted by atomic mass is 9.97. The summed E-state index contributed by atoms with van der Waals surface area (Å²) in [6.07, 6.45) is 4.66. The highest BCUT2D eigenvalue weighted by atomic mass is 32.1. The van der Waals surface area contributed by atoms with Crippen molar-refractivity contribution in [2.75, 3.05) is 32.7 Å². The second kappa shape index (κ2) is 8.27. The number of nitrogens with zero attached hydrogens (tertiary/aromatic N) is 1. The van der Waals surface area contributed by atoms with Crippen LogP contribution in [0, 0.1) is 11.8 Å². The molecule has 0 bridgehead atoms. The van der Waals surface area contributed by atoms with Gasteiger partial charge in [0.15, 0.2) is 0 Å². The Morgan fingerprint density at radius 1 is 1.43 bits per heavy atom. The van der Waals surface area contributed by atoms with Crippen molar-refractivity contribution >= 4 is 17.2 Å². The number of piperidine rings is 2. The van der Waals surface area contributed by atoms with Gasteiger partial charge >= 0.3 is 0 Å². The second-order valence-electron chi connectivity index (χ2n) is 7.04. The Morgan fingerprint density at radius 3 is 2.91 bits per heavy atom. The summed E-state index contributed by atoms with van der Waals surface area (Å²) in [5, 5.41) is 8.71. The third-order valence-electron chi connectivity index (χ3n) is 5.27. The molecule has 0 aliphatic carbocycles. The van der Waals surface area contributed by atoms with Crippen LogP contribution in [0.4, 0.5) is 0 Å². The van der Waals surface area contributed by atoms with E-state index in [9.17, 15) is 4.79 Å². The van der Waals surface area contributed by atoms with Crippen LogP contribution < -0.4 is 10.6 Å². The molecule has 3 rings (SSSR count). The van der Waals surface area contributed by atoms with E-state index in [1.165, 1.54) is 17.7 Å². The lowest BCUT2D eigenvalue weighted by Crippen LogP contribution is -2.45. The molecule has 2 atom stereocenters. The Kier molecular flexibility index (Phi) is 6.08. The maximum Gasteiger partial charge on any atom is 0.224 e. The van der Waals surface area contributed by atoms with E-state index in [1.54, 1.807) is 0 Å². The predicted octanol–water partition coefficient (Wildman–Crippen LogP) is 2.64. The molecule has 128 valence electrons. The highest BCUT2D eigenvalue weighted by Crippen LogP contribution is 2.29. The second-order valence-corrected chi connectivity index (χ2v) is 8.02. The first-order chi connectivity index (χ1) is 11.2. The number of carbonyl (C=O) groups is 1. The van der Waals surface area contributed by atoms with E-state index in [4.69, 9.17) is 0 Å². The minimum Gasteiger partial charge on any atom is -0.354 e. The minimum absolute atomic E-state index is 0.147. The van der Waals surface area contributed by atoms with Crippen LogP contribution in [0.2, 0.25) is 0 Å². The average molecular weight is 336 g/mol. The van der Waals surface area contributed by atoms with Crippen molar-refractivity contribution in [2.45, 2.75) is 38.6 Å². The van der Waals surface area contributed by atoms with E-state index in [1.807, 2.05) is 11.3 Å². The average Bonchev–Trinajstić information content (AvgIpc) is 3.11. The molecule has 5 heteroatoms. The van der Waals surface area contributed by atoms with Gasteiger partial charge in [0.05, 0.1) is 12.0 Å². The molecule has 2 fully saturated rings. The third kappa shape index (κ3) is 4.55. The zero-order valence-corrected chi connectivity index (χ0v) is 14.9. The van der Waals surface area contributed by atoms with E-state index < -0.39 is 0 Å². The molecule has 0 radical (unpaired) electrons. The van der Waals surface area contributed by atoms with Gasteiger partial charge in [-0.3, -0.25) is 9.69 Å². The fraction of sp³-hybridized carbons (Fsp3) is 0.722. The summed E-state index contributed by atoms with van der Waals surface area (Å²) >= 11 is 1.81. The van der Waals surface area contributed by atoms with Gasteiger partial charge in [-0.1, -0.05) is 13.0 Å². The quantitative estimate of drug-likeness (QED) is 0.869. The fourth-order valence-electron chi connectivity index (χ4n) is 3.65. The molecule has 4 nitrogen and oxygen atoms in total. The number of carbonyl (C=O) groups excluding carboxylic acids is 1. The minimum atomic E-state index is 0.147. The molecule has 2 aliphatic heterocycles. The molecule has 2 unspecified atom stereocenters. The summed E-state index contributed by atoms with van der Waals surface area (Å²) < 4.78 is 0. The van der Waals surface area contributed by atoms with Gasteiger partial charge in [-0.05, 0) is 62.7 Å². The van der Waals surface area contributed by atoms with Crippen LogP contribution in [0.15, 0.2) is 17.5 Å². The number of nitrogens with one attached hydrogen (secondary N) is 2. The first kappa shape index (κ1) is 16.9. The van der Waals surface area contributed by atoms with E-state index in [-0.39, 0.29) is 11.8 Å². The molecule has 0 spiro atoms. The number of likely N-dealkylation sites (tertiary alicyclic amines) is 1. The Morgan fingerprint density at radius 2 is 2.26 bits per heavy atom. The molecule has 2 N–H and O–H groups in total. The highest BCUT2D eigenvalue weighted by molar-refractivity contribution is 7.10. The Hall–Kier alpha value is -0.910. The molecule has 1 aromatic heterocycles. The SMILES string of the molecule is CC1CCN(C(CNC(=O)C2CCCNC2)c2cccs2)CC1. The van der Waals surface area contributed by atoms with Crippen LogP contribution in [0.5, 0.6) is 0 Å². The molecule has 0 aromatic carbocycles. The van der Waals surface area contributed by atoms with E-state index >= 15 is 0 Å². The zero-order valence-electron chi connectivity index (χ0n) is 14.1. The summed E-state index contributed by atoms with van der Waals surface area (Å²) in [6.45, 7) is 7.25. The standard InChI is InChI=1S/C18H29N3OS/c1-14-6-9-21(10-7-14)16(17-5-3-11-23-17)13-20-18(22)15-4-2-8-19-12-15/h3,5,11,14-16,19H,2,4,6-10,12-13H2,1H3,(H,20,22). The van der Waals surface area contributed by atoms with Crippen molar-refractivity contribution in [3.8, 4) is 0 Å². The molecule has 2 saturated heterocycles. The summed E-state index contributed by atoms with van der Waals surface area (Å²) in [6, 6.07) is 4.66. The first-order valence-corrected chi connectivity index (χ1v) is 9.88. The van der Waals surface area contributed by atoms with Crippen molar-refractivity contribution < 1.29 is 4.79 Å². The van der Waals surface area contributed by atoms with Gasteiger partial charge < -0.3 is 10.6 Å². The number of hydrogen-bond acceptors (Lipinski definition) is 4. The largest absolute Gasteiger partial charge is 0.354 e. The summed E-state index contributed by atoms with van der Waals surface area (Å²) in [7, 11) is 0. The van der Waals surface area contributed by atoms with Crippen LogP contribution in [-0.4, -0.2) is 43.5 Å². The van der Waals surface area contributed by atoms with Crippen molar-refractivity contribution in [1.29, 1.82) is 0 Å². The Labute approximate surface area is 143 Å². The van der Waals surface area contributed by atoms with E-state index in [2.05, 4.69) is 40.0 Å². The topological polar surface area (TPSA) is 44.4 Å². The van der Waals surface area contributed by atoms with Crippen LogP contribution in [0.1, 0.15) is 43.5 Å². The Bertz CT molecular complexity index is 476. The van der Waals surface area contributed by atoms with Gasteiger partial charge in [0, 0.05) is 18.0 Å². The molecular formula is C18H29N3OS. The fourth-order valence-corrected chi connectivity index (χ4v) is 4.51. The van der Waals surface area contributed by atoms with E-state index in [0.717, 1.165) is 51.5 Å². The monoisotopic (exact) mass is 335 g/mol. The van der Waals surface area contributed by atoms with Crippen molar-refractivity contribution in [3.05, 3.63) is 22.4 Å². The van der Waals surface area contributed by atoms with Crippen molar-refractivity contribution in [3.63, 3.8) is 0 Å². The molecule has 1 aromatic rings. The number of hydrogen-bond donors (Lipinski definition) is 2. The number of amides is 1. The van der Waals surface area contributed by atoms with Crippen LogP contribution in [-0.2, 0) is 4.79 Å². The smallest absolute Gasteiger partial charge is 0.224 e. The van der Waals surface area contributed by atoms with Gasteiger partial charge in [0.1, 0.15) is 0 Å². The molecule has 0 saturated carbocycles. The van der Waals surface area contributed by atoms with Crippen molar-refractivity contribution in [1.82, 2.24) is 15.5 Å². The molecular weight excluding hydrogens is 306 g/mol. The predicted molar refractivity (Wildman–Crippen MR) is 95.6 cm³/mol. The van der Waals surface area contributed by atoms with Gasteiger partial charge in [-0.25, -0.2) is 0 Å². The van der Waals surface area contributed by atoms with Crippen LogP contribution in [0.3, 0.4) is 0 Å². The maximum atomic E-state index is 12.4. The number of thiophene rings is 1. The van der Waals surface area contributed by atoms with Crippen LogP contribution >= 0.6 is 11.3 Å². The molecule has 2 aliphatic rings. The van der Waals surface area contributed by atoms with Gasteiger partial charge in [0.25, 0.3) is 0 Å². The first-order valence-electron chi connectivity index (χ1n) is 9.00. The summed E-state index contributed by atoms with van der Waals surface area (Å²) in [5.41, 5.74) is 0. The van der Waals surface area contributed by atoms with Crippen LogP contribution in [0.25, 0.3) is 0 Å².